The van der Waals surface area contributed by atoms with Crippen molar-refractivity contribution in [1.29, 1.82) is 0 Å². The Balaban J connectivity index is 1.66. The predicted molar refractivity (Wildman–Crippen MR) is 92.9 cm³/mol. The number of amides is 2. The summed E-state index contributed by atoms with van der Waals surface area (Å²) in [5, 5.41) is 6.39. The zero-order chi connectivity index (χ0) is 17.3. The lowest BCUT2D eigenvalue weighted by atomic mass is 9.84. The molecule has 0 aromatic heterocycles. The standard InChI is InChI=1S/C18H25N3O3/c1-12(2)24-13(3)16(22)21-10-8-18(9-11-21)17(23)19-14-6-4-5-7-15(14)20-18/h4-7,12-13,20H,8-11H2,1-3H3,(H,19,23)/t13-/m1/s1. The molecule has 0 unspecified atom stereocenters. The minimum absolute atomic E-state index is 0.00447. The van der Waals surface area contributed by atoms with E-state index in [0.717, 1.165) is 11.4 Å². The van der Waals surface area contributed by atoms with Gasteiger partial charge in [-0.1, -0.05) is 12.1 Å². The molecule has 1 fully saturated rings. The molecule has 2 heterocycles. The van der Waals surface area contributed by atoms with Gasteiger partial charge in [-0.25, -0.2) is 0 Å². The van der Waals surface area contributed by atoms with E-state index < -0.39 is 11.6 Å². The van der Waals surface area contributed by atoms with Crippen LogP contribution < -0.4 is 10.6 Å². The summed E-state index contributed by atoms with van der Waals surface area (Å²) < 4.78 is 5.58. The van der Waals surface area contributed by atoms with Gasteiger partial charge in [0.05, 0.1) is 17.5 Å². The van der Waals surface area contributed by atoms with Crippen LogP contribution >= 0.6 is 0 Å². The van der Waals surface area contributed by atoms with Crippen LogP contribution in [0.15, 0.2) is 24.3 Å². The molecule has 0 aliphatic carbocycles. The number of carbonyl (C=O) groups is 2. The van der Waals surface area contributed by atoms with Gasteiger partial charge < -0.3 is 20.3 Å². The third kappa shape index (κ3) is 3.11. The van der Waals surface area contributed by atoms with Crippen molar-refractivity contribution in [2.24, 2.45) is 0 Å². The Hall–Kier alpha value is -2.08. The third-order valence-corrected chi connectivity index (χ3v) is 4.74. The van der Waals surface area contributed by atoms with Gasteiger partial charge in [-0.15, -0.1) is 0 Å². The number of para-hydroxylation sites is 2. The van der Waals surface area contributed by atoms with Crippen molar-refractivity contribution in [3.63, 3.8) is 0 Å². The molecule has 6 nitrogen and oxygen atoms in total. The lowest BCUT2D eigenvalue weighted by Gasteiger charge is -2.44. The Morgan fingerprint density at radius 3 is 2.42 bits per heavy atom. The van der Waals surface area contributed by atoms with E-state index in [-0.39, 0.29) is 17.9 Å². The first-order valence-corrected chi connectivity index (χ1v) is 8.54. The van der Waals surface area contributed by atoms with Crippen molar-refractivity contribution in [2.45, 2.75) is 51.4 Å². The van der Waals surface area contributed by atoms with Crippen LogP contribution in [0.2, 0.25) is 0 Å². The summed E-state index contributed by atoms with van der Waals surface area (Å²) in [5.41, 5.74) is 1.12. The van der Waals surface area contributed by atoms with Crippen molar-refractivity contribution in [1.82, 2.24) is 4.90 Å². The number of rotatable bonds is 3. The van der Waals surface area contributed by atoms with E-state index in [1.165, 1.54) is 0 Å². The van der Waals surface area contributed by atoms with Crippen LogP contribution in [0.25, 0.3) is 0 Å². The van der Waals surface area contributed by atoms with Gasteiger partial charge in [0.15, 0.2) is 0 Å². The molecule has 6 heteroatoms. The highest BCUT2D eigenvalue weighted by Gasteiger charge is 2.45. The number of anilines is 2. The van der Waals surface area contributed by atoms with Crippen molar-refractivity contribution in [3.8, 4) is 0 Å². The fraction of sp³-hybridized carbons (Fsp3) is 0.556. The normalized spacial score (nSPS) is 20.3. The maximum atomic E-state index is 12.6. The van der Waals surface area contributed by atoms with E-state index in [0.29, 0.717) is 25.9 Å². The molecule has 130 valence electrons. The third-order valence-electron chi connectivity index (χ3n) is 4.74. The Morgan fingerprint density at radius 1 is 1.17 bits per heavy atom. The Morgan fingerprint density at radius 2 is 1.79 bits per heavy atom. The van der Waals surface area contributed by atoms with Crippen LogP contribution in [0.1, 0.15) is 33.6 Å². The molecule has 2 aliphatic rings. The number of nitrogens with one attached hydrogen (secondary N) is 2. The van der Waals surface area contributed by atoms with Crippen molar-refractivity contribution in [2.75, 3.05) is 23.7 Å². The molecule has 2 aliphatic heterocycles. The van der Waals surface area contributed by atoms with E-state index in [9.17, 15) is 9.59 Å². The van der Waals surface area contributed by atoms with Gasteiger partial charge in [-0.05, 0) is 45.7 Å². The number of likely N-dealkylation sites (tertiary alicyclic amines) is 1. The number of piperidine rings is 1. The highest BCUT2D eigenvalue weighted by molar-refractivity contribution is 6.06. The Bertz CT molecular complexity index is 636. The Kier molecular flexibility index (Phi) is 4.49. The molecule has 1 atom stereocenters. The summed E-state index contributed by atoms with van der Waals surface area (Å²) in [6, 6.07) is 7.69. The summed E-state index contributed by atoms with van der Waals surface area (Å²) in [6.07, 6.45) is 0.746. The fourth-order valence-electron chi connectivity index (χ4n) is 3.44. The number of hydrogen-bond donors (Lipinski definition) is 2. The fourth-order valence-corrected chi connectivity index (χ4v) is 3.44. The second kappa shape index (κ2) is 6.43. The number of ether oxygens (including phenoxy) is 1. The van der Waals surface area contributed by atoms with Crippen LogP contribution in [0.3, 0.4) is 0 Å². The van der Waals surface area contributed by atoms with E-state index >= 15 is 0 Å². The lowest BCUT2D eigenvalue weighted by molar-refractivity contribution is -0.147. The number of carbonyl (C=O) groups excluding carboxylic acids is 2. The lowest BCUT2D eigenvalue weighted by Crippen LogP contribution is -2.59. The quantitative estimate of drug-likeness (QED) is 0.891. The van der Waals surface area contributed by atoms with Crippen molar-refractivity contribution < 1.29 is 14.3 Å². The van der Waals surface area contributed by atoms with Gasteiger partial charge in [0.25, 0.3) is 5.91 Å². The van der Waals surface area contributed by atoms with Gasteiger partial charge >= 0.3 is 0 Å². The van der Waals surface area contributed by atoms with Gasteiger partial charge in [0.1, 0.15) is 11.6 Å². The number of fused-ring (bicyclic) bond motifs is 1. The molecule has 0 bridgehead atoms. The summed E-state index contributed by atoms with van der Waals surface area (Å²) in [4.78, 5) is 26.9. The van der Waals surface area contributed by atoms with Crippen molar-refractivity contribution >= 4 is 23.2 Å². The van der Waals surface area contributed by atoms with Crippen LogP contribution in [0.4, 0.5) is 11.4 Å². The second-order valence-corrected chi connectivity index (χ2v) is 6.86. The van der Waals surface area contributed by atoms with Gasteiger partial charge in [-0.2, -0.15) is 0 Å². The van der Waals surface area contributed by atoms with Gasteiger partial charge in [0, 0.05) is 13.1 Å². The first-order valence-electron chi connectivity index (χ1n) is 8.54. The van der Waals surface area contributed by atoms with Crippen LogP contribution in [-0.4, -0.2) is 47.6 Å². The molecular formula is C18H25N3O3. The molecule has 3 rings (SSSR count). The molecule has 2 amide bonds. The SMILES string of the molecule is CC(C)O[C@H](C)C(=O)N1CCC2(CC1)Nc1ccccc1NC2=O. The Labute approximate surface area is 142 Å². The topological polar surface area (TPSA) is 70.7 Å². The second-order valence-electron chi connectivity index (χ2n) is 6.86. The minimum Gasteiger partial charge on any atom is -0.369 e. The first-order chi connectivity index (χ1) is 11.4. The van der Waals surface area contributed by atoms with Crippen LogP contribution in [0, 0.1) is 0 Å². The maximum absolute atomic E-state index is 12.6. The largest absolute Gasteiger partial charge is 0.369 e. The van der Waals surface area contributed by atoms with Crippen LogP contribution in [0.5, 0.6) is 0 Å². The average Bonchev–Trinajstić information content (AvgIpc) is 2.55. The van der Waals surface area contributed by atoms with E-state index in [4.69, 9.17) is 4.74 Å². The van der Waals surface area contributed by atoms with E-state index in [2.05, 4.69) is 10.6 Å². The van der Waals surface area contributed by atoms with Crippen LogP contribution in [-0.2, 0) is 14.3 Å². The molecule has 0 saturated carbocycles. The van der Waals surface area contributed by atoms with E-state index in [1.54, 1.807) is 11.8 Å². The van der Waals surface area contributed by atoms with Crippen molar-refractivity contribution in [3.05, 3.63) is 24.3 Å². The minimum atomic E-state index is -0.632. The number of benzene rings is 1. The van der Waals surface area contributed by atoms with Gasteiger partial charge in [-0.3, -0.25) is 9.59 Å². The number of hydrogen-bond acceptors (Lipinski definition) is 4. The molecule has 24 heavy (non-hydrogen) atoms. The zero-order valence-electron chi connectivity index (χ0n) is 14.5. The average molecular weight is 331 g/mol. The molecule has 1 spiro atoms. The molecule has 2 N–H and O–H groups in total. The molecular weight excluding hydrogens is 306 g/mol. The predicted octanol–water partition coefficient (Wildman–Crippen LogP) is 2.23. The molecule has 1 aromatic carbocycles. The summed E-state index contributed by atoms with van der Waals surface area (Å²) in [7, 11) is 0. The summed E-state index contributed by atoms with van der Waals surface area (Å²) >= 11 is 0. The first kappa shape index (κ1) is 16.8. The number of nitrogens with zero attached hydrogens (tertiary/aromatic N) is 1. The smallest absolute Gasteiger partial charge is 0.251 e. The van der Waals surface area contributed by atoms with E-state index in [1.807, 2.05) is 38.1 Å². The summed E-state index contributed by atoms with van der Waals surface area (Å²) in [6.45, 7) is 6.72. The summed E-state index contributed by atoms with van der Waals surface area (Å²) in [5.74, 6) is -0.0186. The monoisotopic (exact) mass is 331 g/mol. The maximum Gasteiger partial charge on any atom is 0.251 e. The highest BCUT2D eigenvalue weighted by atomic mass is 16.5. The molecule has 0 radical (unpaired) electrons. The highest BCUT2D eigenvalue weighted by Crippen LogP contribution is 2.36. The zero-order valence-corrected chi connectivity index (χ0v) is 14.5. The van der Waals surface area contributed by atoms with Gasteiger partial charge in [0.2, 0.25) is 5.91 Å². The molecule has 1 saturated heterocycles. The molecule has 1 aromatic rings.